The highest BCUT2D eigenvalue weighted by Crippen LogP contribution is 2.47. The summed E-state index contributed by atoms with van der Waals surface area (Å²) in [7, 11) is 3.17. The summed E-state index contributed by atoms with van der Waals surface area (Å²) < 4.78 is 17.0. The van der Waals surface area contributed by atoms with E-state index in [-0.39, 0.29) is 25.0 Å². The van der Waals surface area contributed by atoms with Crippen molar-refractivity contribution < 1.29 is 23.8 Å². The lowest BCUT2D eigenvalue weighted by Gasteiger charge is -2.37. The number of methoxy groups -OCH3 is 2. The molecule has 8 nitrogen and oxygen atoms in total. The number of hydrogen-bond donors (Lipinski definition) is 1. The van der Waals surface area contributed by atoms with Crippen molar-refractivity contribution in [3.63, 3.8) is 0 Å². The first-order valence-electron chi connectivity index (χ1n) is 12.5. The van der Waals surface area contributed by atoms with Crippen LogP contribution in [0.3, 0.4) is 0 Å². The van der Waals surface area contributed by atoms with Crippen LogP contribution in [0, 0.1) is 0 Å². The van der Waals surface area contributed by atoms with Gasteiger partial charge >= 0.3 is 5.97 Å². The normalized spacial score (nSPS) is 17.3. The number of thioether (sulfide) groups is 1. The SMILES string of the molecule is CCC(C)NC(=O)CC1=CSC2=NC(C)=C(C(=O)OCc3ccccc3)C(c3cc(OC)ccc3OC)N12. The Bertz CT molecular complexity index is 1290. The van der Waals surface area contributed by atoms with E-state index in [4.69, 9.17) is 19.2 Å². The molecule has 0 aromatic heterocycles. The molecule has 0 saturated heterocycles. The minimum absolute atomic E-state index is 0.0617. The summed E-state index contributed by atoms with van der Waals surface area (Å²) in [6.45, 7) is 5.93. The Morgan fingerprint density at radius 1 is 1.13 bits per heavy atom. The molecule has 2 aromatic rings. The van der Waals surface area contributed by atoms with Gasteiger partial charge in [-0.3, -0.25) is 4.79 Å². The zero-order valence-corrected chi connectivity index (χ0v) is 23.1. The minimum Gasteiger partial charge on any atom is -0.497 e. The lowest BCUT2D eigenvalue weighted by molar-refractivity contribution is -0.141. The van der Waals surface area contributed by atoms with Crippen LogP contribution < -0.4 is 14.8 Å². The van der Waals surface area contributed by atoms with Gasteiger partial charge in [-0.2, -0.15) is 0 Å². The van der Waals surface area contributed by atoms with E-state index in [1.54, 1.807) is 27.2 Å². The summed E-state index contributed by atoms with van der Waals surface area (Å²) in [4.78, 5) is 33.2. The molecule has 2 aliphatic rings. The summed E-state index contributed by atoms with van der Waals surface area (Å²) in [5, 5.41) is 5.63. The van der Waals surface area contributed by atoms with Gasteiger partial charge in [0.25, 0.3) is 0 Å². The second-order valence-electron chi connectivity index (χ2n) is 9.12. The van der Waals surface area contributed by atoms with Crippen molar-refractivity contribution in [2.45, 2.75) is 52.3 Å². The van der Waals surface area contributed by atoms with Crippen molar-refractivity contribution in [1.82, 2.24) is 10.2 Å². The molecule has 38 heavy (non-hydrogen) atoms. The Balaban J connectivity index is 1.74. The van der Waals surface area contributed by atoms with Gasteiger partial charge in [0.05, 0.1) is 38.0 Å². The number of nitrogens with zero attached hydrogens (tertiary/aromatic N) is 2. The van der Waals surface area contributed by atoms with Gasteiger partial charge in [-0.05, 0) is 49.4 Å². The van der Waals surface area contributed by atoms with Crippen LogP contribution in [-0.4, -0.2) is 42.2 Å². The topological polar surface area (TPSA) is 89.5 Å². The molecule has 0 aliphatic carbocycles. The van der Waals surface area contributed by atoms with Gasteiger partial charge in [-0.25, -0.2) is 9.79 Å². The lowest BCUT2D eigenvalue weighted by atomic mass is 9.92. The lowest BCUT2D eigenvalue weighted by Crippen LogP contribution is -2.39. The molecule has 2 aliphatic heterocycles. The fraction of sp³-hybridized carbons (Fsp3) is 0.345. The number of benzene rings is 2. The molecule has 200 valence electrons. The van der Waals surface area contributed by atoms with Gasteiger partial charge in [-0.1, -0.05) is 49.0 Å². The molecular weight excluding hydrogens is 502 g/mol. The number of ether oxygens (including phenoxy) is 3. The molecule has 2 unspecified atom stereocenters. The third kappa shape index (κ3) is 5.88. The molecule has 9 heteroatoms. The Morgan fingerprint density at radius 3 is 2.58 bits per heavy atom. The van der Waals surface area contributed by atoms with Crippen molar-refractivity contribution in [3.8, 4) is 11.5 Å². The quantitative estimate of drug-likeness (QED) is 0.412. The van der Waals surface area contributed by atoms with E-state index in [2.05, 4.69) is 5.32 Å². The molecule has 0 fully saturated rings. The van der Waals surface area contributed by atoms with Crippen molar-refractivity contribution >= 4 is 28.8 Å². The number of amidine groups is 1. The van der Waals surface area contributed by atoms with E-state index < -0.39 is 12.0 Å². The standard InChI is InChI=1S/C29H33N3O5S/c1-6-18(2)30-25(33)14-21-17-38-29-31-19(3)26(28(34)37-16-20-10-8-7-9-11-20)27(32(21)29)23-15-22(35-4)12-13-24(23)36-5/h7-13,15,17-18,27H,6,14,16H2,1-5H3,(H,30,33). The number of amides is 1. The first kappa shape index (κ1) is 27.3. The van der Waals surface area contributed by atoms with E-state index in [1.807, 2.05) is 66.6 Å². The summed E-state index contributed by atoms with van der Waals surface area (Å²) in [6, 6.07) is 14.4. The van der Waals surface area contributed by atoms with Crippen molar-refractivity contribution in [1.29, 1.82) is 0 Å². The average molecular weight is 536 g/mol. The van der Waals surface area contributed by atoms with E-state index >= 15 is 0 Å². The van der Waals surface area contributed by atoms with E-state index in [1.165, 1.54) is 11.8 Å². The van der Waals surface area contributed by atoms with Crippen molar-refractivity contribution in [2.75, 3.05) is 14.2 Å². The number of rotatable bonds is 10. The highest BCUT2D eigenvalue weighted by molar-refractivity contribution is 8.16. The van der Waals surface area contributed by atoms with Gasteiger partial charge in [-0.15, -0.1) is 0 Å². The monoisotopic (exact) mass is 535 g/mol. The zero-order chi connectivity index (χ0) is 27.2. The summed E-state index contributed by atoms with van der Waals surface area (Å²) in [5.41, 5.74) is 3.27. The van der Waals surface area contributed by atoms with Gasteiger partial charge in [0.1, 0.15) is 18.1 Å². The Kier molecular flexibility index (Phi) is 8.78. The average Bonchev–Trinajstić information content (AvgIpc) is 3.32. The van der Waals surface area contributed by atoms with Crippen molar-refractivity contribution in [2.24, 2.45) is 4.99 Å². The molecule has 2 aromatic carbocycles. The minimum atomic E-state index is -0.631. The number of allylic oxidation sites excluding steroid dienone is 1. The fourth-order valence-corrected chi connectivity index (χ4v) is 5.34. The molecule has 4 rings (SSSR count). The van der Waals surface area contributed by atoms with Crippen molar-refractivity contribution in [3.05, 3.63) is 82.0 Å². The van der Waals surface area contributed by atoms with Crippen LogP contribution in [0.2, 0.25) is 0 Å². The van der Waals surface area contributed by atoms with Gasteiger partial charge in [0.15, 0.2) is 5.17 Å². The smallest absolute Gasteiger partial charge is 0.338 e. The van der Waals surface area contributed by atoms with Crippen LogP contribution in [0.1, 0.15) is 50.8 Å². The maximum absolute atomic E-state index is 13.7. The molecular formula is C29H33N3O5S. The molecule has 0 saturated carbocycles. The maximum atomic E-state index is 13.7. The number of hydrogen-bond acceptors (Lipinski definition) is 8. The van der Waals surface area contributed by atoms with Crippen LogP contribution in [0.5, 0.6) is 11.5 Å². The molecule has 0 spiro atoms. The van der Waals surface area contributed by atoms with Crippen LogP contribution in [-0.2, 0) is 20.9 Å². The van der Waals surface area contributed by atoms with Crippen LogP contribution in [0.4, 0.5) is 0 Å². The molecule has 1 N–H and O–H groups in total. The predicted octanol–water partition coefficient (Wildman–Crippen LogP) is 5.33. The van der Waals surface area contributed by atoms with Gasteiger partial charge < -0.3 is 24.4 Å². The molecule has 0 bridgehead atoms. The summed E-state index contributed by atoms with van der Waals surface area (Å²) in [6.07, 6.45) is 0.976. The zero-order valence-electron chi connectivity index (χ0n) is 22.3. The van der Waals surface area contributed by atoms with Crippen LogP contribution >= 0.6 is 11.8 Å². The number of nitrogens with one attached hydrogen (secondary N) is 1. The van der Waals surface area contributed by atoms with Crippen LogP contribution in [0.15, 0.2) is 75.9 Å². The highest BCUT2D eigenvalue weighted by Gasteiger charge is 2.42. The summed E-state index contributed by atoms with van der Waals surface area (Å²) in [5.74, 6) is 0.623. The number of esters is 1. The first-order valence-corrected chi connectivity index (χ1v) is 13.4. The van der Waals surface area contributed by atoms with E-state index in [0.29, 0.717) is 33.5 Å². The number of aliphatic imine (C=N–C) groups is 1. The Labute approximate surface area is 227 Å². The second kappa shape index (κ2) is 12.2. The number of fused-ring (bicyclic) bond motifs is 1. The molecule has 2 heterocycles. The highest BCUT2D eigenvalue weighted by atomic mass is 32.2. The van der Waals surface area contributed by atoms with E-state index in [9.17, 15) is 9.59 Å². The largest absolute Gasteiger partial charge is 0.497 e. The molecule has 1 amide bonds. The van der Waals surface area contributed by atoms with E-state index in [0.717, 1.165) is 17.7 Å². The maximum Gasteiger partial charge on any atom is 0.338 e. The first-order chi connectivity index (χ1) is 18.4. The van der Waals surface area contributed by atoms with Gasteiger partial charge in [0, 0.05) is 17.3 Å². The number of carbonyl (C=O) groups is 2. The summed E-state index contributed by atoms with van der Waals surface area (Å²) >= 11 is 1.43. The predicted molar refractivity (Wildman–Crippen MR) is 149 cm³/mol. The third-order valence-electron chi connectivity index (χ3n) is 6.53. The second-order valence-corrected chi connectivity index (χ2v) is 9.95. The fourth-order valence-electron chi connectivity index (χ4n) is 4.37. The Morgan fingerprint density at radius 2 is 1.89 bits per heavy atom. The number of carbonyl (C=O) groups excluding carboxylic acids is 2. The Hall–Kier alpha value is -3.72. The molecule has 0 radical (unpaired) electrons. The van der Waals surface area contributed by atoms with Crippen LogP contribution in [0.25, 0.3) is 0 Å². The molecule has 2 atom stereocenters. The third-order valence-corrected chi connectivity index (χ3v) is 7.41. The van der Waals surface area contributed by atoms with Gasteiger partial charge in [0.2, 0.25) is 5.91 Å².